The Bertz CT molecular complexity index is 832. The summed E-state index contributed by atoms with van der Waals surface area (Å²) in [7, 11) is 3.39. The summed E-state index contributed by atoms with van der Waals surface area (Å²) >= 11 is 0. The van der Waals surface area contributed by atoms with Gasteiger partial charge in [-0.15, -0.1) is 0 Å². The minimum absolute atomic E-state index is 0.802. The standard InChI is InChI=1S/C22H24N2O2/c1-25-20-12-8-17(9-13-20)7-11-19-15-16-23-22(24-19)14-10-18-5-3-4-6-21(18)26-2/h3-6,8-9,12-13,15-16H,7,10-11,14H2,1-2H3. The zero-order valence-corrected chi connectivity index (χ0v) is 15.3. The van der Waals surface area contributed by atoms with Crippen molar-refractivity contribution >= 4 is 0 Å². The van der Waals surface area contributed by atoms with Crippen molar-refractivity contribution in [3.05, 3.63) is 83.4 Å². The fourth-order valence-electron chi connectivity index (χ4n) is 2.92. The summed E-state index contributed by atoms with van der Waals surface area (Å²) in [5.74, 6) is 2.68. The molecule has 0 N–H and O–H groups in total. The molecule has 134 valence electrons. The summed E-state index contributed by atoms with van der Waals surface area (Å²) in [6.07, 6.45) is 5.38. The lowest BCUT2D eigenvalue weighted by Crippen LogP contribution is -2.03. The topological polar surface area (TPSA) is 44.2 Å². The zero-order chi connectivity index (χ0) is 18.2. The number of benzene rings is 2. The van der Waals surface area contributed by atoms with Crippen LogP contribution in [0.15, 0.2) is 60.8 Å². The maximum absolute atomic E-state index is 5.41. The van der Waals surface area contributed by atoms with Crippen molar-refractivity contribution in [3.63, 3.8) is 0 Å². The number of hydrogen-bond donors (Lipinski definition) is 0. The van der Waals surface area contributed by atoms with Gasteiger partial charge in [-0.05, 0) is 54.7 Å². The van der Waals surface area contributed by atoms with Gasteiger partial charge in [0.15, 0.2) is 0 Å². The minimum Gasteiger partial charge on any atom is -0.497 e. The number of para-hydroxylation sites is 1. The molecule has 2 aromatic carbocycles. The second-order valence-electron chi connectivity index (χ2n) is 6.12. The Kier molecular flexibility index (Phi) is 6.20. The fourth-order valence-corrected chi connectivity index (χ4v) is 2.92. The van der Waals surface area contributed by atoms with Crippen LogP contribution < -0.4 is 9.47 Å². The largest absolute Gasteiger partial charge is 0.497 e. The lowest BCUT2D eigenvalue weighted by molar-refractivity contribution is 0.409. The first-order valence-electron chi connectivity index (χ1n) is 8.84. The Balaban J connectivity index is 1.59. The molecule has 0 amide bonds. The first-order chi connectivity index (χ1) is 12.8. The number of hydrogen-bond acceptors (Lipinski definition) is 4. The van der Waals surface area contributed by atoms with E-state index >= 15 is 0 Å². The van der Waals surface area contributed by atoms with Crippen LogP contribution in [0.5, 0.6) is 11.5 Å². The minimum atomic E-state index is 0.802. The van der Waals surface area contributed by atoms with Crippen molar-refractivity contribution in [2.45, 2.75) is 25.7 Å². The predicted molar refractivity (Wildman–Crippen MR) is 103 cm³/mol. The van der Waals surface area contributed by atoms with Crippen LogP contribution in [-0.4, -0.2) is 24.2 Å². The molecule has 26 heavy (non-hydrogen) atoms. The summed E-state index contributed by atoms with van der Waals surface area (Å²) in [6, 6.07) is 18.3. The molecule has 0 aliphatic carbocycles. The molecule has 0 radical (unpaired) electrons. The van der Waals surface area contributed by atoms with E-state index in [0.29, 0.717) is 0 Å². The van der Waals surface area contributed by atoms with Crippen molar-refractivity contribution in [3.8, 4) is 11.5 Å². The van der Waals surface area contributed by atoms with Crippen LogP contribution >= 0.6 is 0 Å². The normalized spacial score (nSPS) is 10.5. The predicted octanol–water partition coefficient (Wildman–Crippen LogP) is 4.06. The lowest BCUT2D eigenvalue weighted by Gasteiger charge is -2.08. The summed E-state index contributed by atoms with van der Waals surface area (Å²) in [6.45, 7) is 0. The maximum atomic E-state index is 5.41. The Morgan fingerprint density at radius 2 is 1.58 bits per heavy atom. The fraction of sp³-hybridized carbons (Fsp3) is 0.273. The molecule has 1 heterocycles. The summed E-state index contributed by atoms with van der Waals surface area (Å²) in [5, 5.41) is 0. The molecule has 1 aromatic heterocycles. The first kappa shape index (κ1) is 17.9. The molecule has 0 unspecified atom stereocenters. The van der Waals surface area contributed by atoms with Crippen molar-refractivity contribution in [1.29, 1.82) is 0 Å². The van der Waals surface area contributed by atoms with Gasteiger partial charge in [0.2, 0.25) is 0 Å². The number of nitrogens with zero attached hydrogens (tertiary/aromatic N) is 2. The van der Waals surface area contributed by atoms with Crippen LogP contribution in [0.1, 0.15) is 22.6 Å². The van der Waals surface area contributed by atoms with Crippen LogP contribution in [0.25, 0.3) is 0 Å². The van der Waals surface area contributed by atoms with Gasteiger partial charge in [-0.3, -0.25) is 0 Å². The van der Waals surface area contributed by atoms with Crippen molar-refractivity contribution < 1.29 is 9.47 Å². The molecule has 3 aromatic rings. The second kappa shape index (κ2) is 8.99. The Labute approximate surface area is 154 Å². The highest BCUT2D eigenvalue weighted by molar-refractivity contribution is 5.33. The molecular formula is C22H24N2O2. The van der Waals surface area contributed by atoms with Crippen molar-refractivity contribution in [2.75, 3.05) is 14.2 Å². The highest BCUT2D eigenvalue weighted by Crippen LogP contribution is 2.19. The van der Waals surface area contributed by atoms with Gasteiger partial charge in [0, 0.05) is 18.3 Å². The monoisotopic (exact) mass is 348 g/mol. The average molecular weight is 348 g/mol. The molecule has 0 aliphatic rings. The van der Waals surface area contributed by atoms with Crippen LogP contribution in [-0.2, 0) is 25.7 Å². The maximum Gasteiger partial charge on any atom is 0.128 e. The van der Waals surface area contributed by atoms with E-state index in [1.54, 1.807) is 14.2 Å². The van der Waals surface area contributed by atoms with Gasteiger partial charge in [-0.1, -0.05) is 30.3 Å². The van der Waals surface area contributed by atoms with Gasteiger partial charge in [0.05, 0.1) is 14.2 Å². The molecule has 3 rings (SSSR count). The number of methoxy groups -OCH3 is 2. The van der Waals surface area contributed by atoms with E-state index in [4.69, 9.17) is 14.5 Å². The summed E-state index contributed by atoms with van der Waals surface area (Å²) in [4.78, 5) is 9.13. The third-order valence-corrected chi connectivity index (χ3v) is 4.40. The highest BCUT2D eigenvalue weighted by Gasteiger charge is 2.05. The second-order valence-corrected chi connectivity index (χ2v) is 6.12. The van der Waals surface area contributed by atoms with Gasteiger partial charge in [0.25, 0.3) is 0 Å². The molecule has 4 heteroatoms. The summed E-state index contributed by atoms with van der Waals surface area (Å²) < 4.78 is 10.6. The van der Waals surface area contributed by atoms with E-state index in [-0.39, 0.29) is 0 Å². The quantitative estimate of drug-likeness (QED) is 0.616. The van der Waals surface area contributed by atoms with Crippen LogP contribution in [0, 0.1) is 0 Å². The molecular weight excluding hydrogens is 324 g/mol. The molecule has 0 bridgehead atoms. The van der Waals surface area contributed by atoms with Crippen molar-refractivity contribution in [1.82, 2.24) is 9.97 Å². The number of aromatic nitrogens is 2. The van der Waals surface area contributed by atoms with Crippen molar-refractivity contribution in [2.24, 2.45) is 0 Å². The molecule has 0 atom stereocenters. The molecule has 0 saturated carbocycles. The van der Waals surface area contributed by atoms with Crippen LogP contribution in [0.2, 0.25) is 0 Å². The summed E-state index contributed by atoms with van der Waals surface area (Å²) in [5.41, 5.74) is 3.54. The van der Waals surface area contributed by atoms with E-state index in [0.717, 1.165) is 48.7 Å². The SMILES string of the molecule is COc1ccc(CCc2ccnc(CCc3ccccc3OC)n2)cc1. The van der Waals surface area contributed by atoms with Gasteiger partial charge >= 0.3 is 0 Å². The lowest BCUT2D eigenvalue weighted by atomic mass is 10.1. The molecule has 4 nitrogen and oxygen atoms in total. The number of ether oxygens (including phenoxy) is 2. The average Bonchev–Trinajstić information content (AvgIpc) is 2.71. The zero-order valence-electron chi connectivity index (χ0n) is 15.3. The third-order valence-electron chi connectivity index (χ3n) is 4.40. The van der Waals surface area contributed by atoms with E-state index in [1.807, 2.05) is 42.6 Å². The van der Waals surface area contributed by atoms with Gasteiger partial charge < -0.3 is 9.47 Å². The van der Waals surface area contributed by atoms with E-state index in [2.05, 4.69) is 23.2 Å². The molecule has 0 spiro atoms. The smallest absolute Gasteiger partial charge is 0.128 e. The molecule has 0 saturated heterocycles. The van der Waals surface area contributed by atoms with E-state index in [1.165, 1.54) is 11.1 Å². The third kappa shape index (κ3) is 4.82. The van der Waals surface area contributed by atoms with Gasteiger partial charge in [-0.25, -0.2) is 9.97 Å². The van der Waals surface area contributed by atoms with Gasteiger partial charge in [-0.2, -0.15) is 0 Å². The molecule has 0 aliphatic heterocycles. The molecule has 0 fully saturated rings. The highest BCUT2D eigenvalue weighted by atomic mass is 16.5. The Hall–Kier alpha value is -2.88. The van der Waals surface area contributed by atoms with E-state index < -0.39 is 0 Å². The van der Waals surface area contributed by atoms with Crippen LogP contribution in [0.4, 0.5) is 0 Å². The first-order valence-corrected chi connectivity index (χ1v) is 8.84. The van der Waals surface area contributed by atoms with E-state index in [9.17, 15) is 0 Å². The number of aryl methyl sites for hydroxylation is 4. The van der Waals surface area contributed by atoms with Gasteiger partial charge in [0.1, 0.15) is 17.3 Å². The van der Waals surface area contributed by atoms with Crippen LogP contribution in [0.3, 0.4) is 0 Å². The Morgan fingerprint density at radius 3 is 2.35 bits per heavy atom. The Morgan fingerprint density at radius 1 is 0.769 bits per heavy atom. The number of rotatable bonds is 8.